The van der Waals surface area contributed by atoms with Crippen molar-refractivity contribution in [2.24, 2.45) is 5.92 Å². The van der Waals surface area contributed by atoms with Crippen molar-refractivity contribution < 1.29 is 14.0 Å². The zero-order valence-corrected chi connectivity index (χ0v) is 15.1. The van der Waals surface area contributed by atoms with Crippen LogP contribution >= 0.6 is 0 Å². The van der Waals surface area contributed by atoms with Gasteiger partial charge >= 0.3 is 0 Å². The van der Waals surface area contributed by atoms with Crippen LogP contribution in [0.25, 0.3) is 10.9 Å². The van der Waals surface area contributed by atoms with Crippen LogP contribution in [-0.4, -0.2) is 35.1 Å². The van der Waals surface area contributed by atoms with Crippen LogP contribution in [0.2, 0.25) is 0 Å². The van der Waals surface area contributed by atoms with Crippen molar-refractivity contribution in [3.05, 3.63) is 35.7 Å². The monoisotopic (exact) mass is 370 g/mol. The minimum Gasteiger partial charge on any atom is -0.355 e. The number of amides is 2. The first kappa shape index (κ1) is 17.7. The molecule has 7 heteroatoms. The molecule has 1 aliphatic heterocycles. The number of allylic oxidation sites excluding steroid dienone is 1. The molecular formula is C20H23FN4O2. The molecule has 0 unspecified atom stereocenters. The predicted octanol–water partition coefficient (Wildman–Crippen LogP) is 3.06. The topological polar surface area (TPSA) is 78.1 Å². The number of hydrogen-bond acceptors (Lipinski definition) is 3. The number of H-pyrrole nitrogens is 1. The van der Waals surface area contributed by atoms with E-state index in [9.17, 15) is 14.0 Å². The second kappa shape index (κ2) is 7.50. The van der Waals surface area contributed by atoms with E-state index in [0.29, 0.717) is 12.1 Å². The number of halogens is 1. The van der Waals surface area contributed by atoms with Gasteiger partial charge in [0.05, 0.1) is 16.8 Å². The van der Waals surface area contributed by atoms with Gasteiger partial charge in [-0.25, -0.2) is 4.39 Å². The summed E-state index contributed by atoms with van der Waals surface area (Å²) in [7, 11) is 0. The summed E-state index contributed by atoms with van der Waals surface area (Å²) in [4.78, 5) is 26.3. The Hall–Kier alpha value is -2.70. The Morgan fingerprint density at radius 3 is 3.07 bits per heavy atom. The van der Waals surface area contributed by atoms with E-state index in [2.05, 4.69) is 21.6 Å². The Morgan fingerprint density at radius 2 is 2.26 bits per heavy atom. The summed E-state index contributed by atoms with van der Waals surface area (Å²) in [6, 6.07) is 4.63. The molecule has 1 aromatic carbocycles. The molecule has 4 rings (SSSR count). The molecule has 1 fully saturated rings. The van der Waals surface area contributed by atoms with E-state index >= 15 is 0 Å². The van der Waals surface area contributed by atoms with Crippen molar-refractivity contribution >= 4 is 28.5 Å². The Labute approximate surface area is 156 Å². The maximum atomic E-state index is 14.2. The van der Waals surface area contributed by atoms with Crippen LogP contribution in [0.3, 0.4) is 0 Å². The summed E-state index contributed by atoms with van der Waals surface area (Å²) in [6.45, 7) is 0.816. The number of nitrogens with zero attached hydrogens (tertiary/aromatic N) is 2. The highest BCUT2D eigenvalue weighted by Gasteiger charge is 2.37. The van der Waals surface area contributed by atoms with Gasteiger partial charge in [-0.05, 0) is 44.2 Å². The van der Waals surface area contributed by atoms with Crippen molar-refractivity contribution in [1.82, 2.24) is 15.5 Å². The van der Waals surface area contributed by atoms with Crippen LogP contribution in [0.1, 0.15) is 38.5 Å². The van der Waals surface area contributed by atoms with Gasteiger partial charge in [0.1, 0.15) is 5.82 Å². The number of fused-ring (bicyclic) bond motifs is 1. The fourth-order valence-electron chi connectivity index (χ4n) is 3.92. The van der Waals surface area contributed by atoms with Crippen molar-refractivity contribution in [3.8, 4) is 0 Å². The van der Waals surface area contributed by atoms with Crippen LogP contribution in [0.4, 0.5) is 10.2 Å². The second-order valence-electron chi connectivity index (χ2n) is 7.26. The lowest BCUT2D eigenvalue weighted by molar-refractivity contribution is -0.126. The van der Waals surface area contributed by atoms with E-state index in [1.165, 1.54) is 29.4 Å². The van der Waals surface area contributed by atoms with Crippen LogP contribution in [0, 0.1) is 11.7 Å². The Balaban J connectivity index is 1.39. The molecule has 1 saturated heterocycles. The second-order valence-corrected chi connectivity index (χ2v) is 7.26. The Morgan fingerprint density at radius 1 is 1.37 bits per heavy atom. The highest BCUT2D eigenvalue weighted by atomic mass is 19.1. The number of benzene rings is 1. The Kier molecular flexibility index (Phi) is 4.92. The van der Waals surface area contributed by atoms with E-state index in [4.69, 9.17) is 0 Å². The SMILES string of the molecule is O=C(NCCC1=CCCCC1)[C@@H]1CC(=O)N(c2n[nH]c3cccc(F)c23)C1. The first-order valence-electron chi connectivity index (χ1n) is 9.52. The van der Waals surface area contributed by atoms with E-state index in [1.54, 1.807) is 12.1 Å². The molecule has 0 radical (unpaired) electrons. The quantitative estimate of drug-likeness (QED) is 0.794. The lowest BCUT2D eigenvalue weighted by Gasteiger charge is -2.15. The fourth-order valence-corrected chi connectivity index (χ4v) is 3.92. The number of carbonyl (C=O) groups excluding carboxylic acids is 2. The molecule has 2 aromatic rings. The third-order valence-corrected chi connectivity index (χ3v) is 5.40. The van der Waals surface area contributed by atoms with E-state index in [1.807, 2.05) is 0 Å². The third-order valence-electron chi connectivity index (χ3n) is 5.40. The summed E-state index contributed by atoms with van der Waals surface area (Å²) < 4.78 is 14.2. The predicted molar refractivity (Wildman–Crippen MR) is 101 cm³/mol. The van der Waals surface area contributed by atoms with Gasteiger partial charge in [0.2, 0.25) is 11.8 Å². The molecule has 2 heterocycles. The van der Waals surface area contributed by atoms with Gasteiger partial charge in [-0.2, -0.15) is 5.10 Å². The molecule has 1 aromatic heterocycles. The molecule has 2 amide bonds. The lowest BCUT2D eigenvalue weighted by Crippen LogP contribution is -2.33. The van der Waals surface area contributed by atoms with Crippen molar-refractivity contribution in [2.75, 3.05) is 18.0 Å². The number of nitrogens with one attached hydrogen (secondary N) is 2. The molecule has 142 valence electrons. The summed E-state index contributed by atoms with van der Waals surface area (Å²) in [5, 5.41) is 10.1. The first-order valence-corrected chi connectivity index (χ1v) is 9.52. The average molecular weight is 370 g/mol. The van der Waals surface area contributed by atoms with Gasteiger partial charge in [0.25, 0.3) is 0 Å². The average Bonchev–Trinajstić information content (AvgIpc) is 3.27. The van der Waals surface area contributed by atoms with E-state index < -0.39 is 11.7 Å². The van der Waals surface area contributed by atoms with Gasteiger partial charge < -0.3 is 5.32 Å². The fraction of sp³-hybridized carbons (Fsp3) is 0.450. The number of rotatable bonds is 5. The Bertz CT molecular complexity index is 905. The zero-order valence-electron chi connectivity index (χ0n) is 15.1. The number of hydrogen-bond donors (Lipinski definition) is 2. The van der Waals surface area contributed by atoms with Crippen LogP contribution in [0.5, 0.6) is 0 Å². The number of aromatic nitrogens is 2. The molecule has 1 aliphatic carbocycles. The lowest BCUT2D eigenvalue weighted by atomic mass is 9.97. The molecule has 0 saturated carbocycles. The number of aromatic amines is 1. The molecule has 0 bridgehead atoms. The van der Waals surface area contributed by atoms with Crippen LogP contribution < -0.4 is 10.2 Å². The maximum Gasteiger partial charge on any atom is 0.229 e. The zero-order chi connectivity index (χ0) is 18.8. The van der Waals surface area contributed by atoms with Crippen molar-refractivity contribution in [1.29, 1.82) is 0 Å². The number of carbonyl (C=O) groups is 2. The first-order chi connectivity index (χ1) is 13.1. The highest BCUT2D eigenvalue weighted by molar-refractivity contribution is 6.05. The van der Waals surface area contributed by atoms with Gasteiger partial charge in [-0.1, -0.05) is 17.7 Å². The summed E-state index contributed by atoms with van der Waals surface area (Å²) in [5.74, 6) is -0.936. The molecule has 27 heavy (non-hydrogen) atoms. The number of anilines is 1. The normalized spacial score (nSPS) is 20.2. The molecule has 2 N–H and O–H groups in total. The standard InChI is InChI=1S/C20H23FN4O2/c21-15-7-4-8-16-18(15)19(24-23-16)25-12-14(11-17(25)26)20(27)22-10-9-13-5-2-1-3-6-13/h4-5,7-8,14H,1-3,6,9-12H2,(H,22,27)(H,23,24)/t14-/m1/s1. The molecule has 6 nitrogen and oxygen atoms in total. The third kappa shape index (κ3) is 3.59. The van der Waals surface area contributed by atoms with E-state index in [0.717, 1.165) is 19.3 Å². The smallest absolute Gasteiger partial charge is 0.229 e. The summed E-state index contributed by atoms with van der Waals surface area (Å²) in [6.07, 6.45) is 7.97. The van der Waals surface area contributed by atoms with Gasteiger partial charge in [-0.15, -0.1) is 0 Å². The van der Waals surface area contributed by atoms with Gasteiger partial charge in [-0.3, -0.25) is 19.6 Å². The molecule has 2 aliphatic rings. The van der Waals surface area contributed by atoms with Gasteiger partial charge in [0, 0.05) is 19.5 Å². The minimum absolute atomic E-state index is 0.122. The molecular weight excluding hydrogens is 347 g/mol. The van der Waals surface area contributed by atoms with Crippen molar-refractivity contribution in [2.45, 2.75) is 38.5 Å². The van der Waals surface area contributed by atoms with Crippen LogP contribution in [0.15, 0.2) is 29.8 Å². The van der Waals surface area contributed by atoms with Crippen molar-refractivity contribution in [3.63, 3.8) is 0 Å². The maximum absolute atomic E-state index is 14.2. The van der Waals surface area contributed by atoms with Crippen LogP contribution in [-0.2, 0) is 9.59 Å². The summed E-state index contributed by atoms with van der Waals surface area (Å²) in [5.41, 5.74) is 1.94. The summed E-state index contributed by atoms with van der Waals surface area (Å²) >= 11 is 0. The molecule has 1 atom stereocenters. The van der Waals surface area contributed by atoms with Gasteiger partial charge in [0.15, 0.2) is 5.82 Å². The van der Waals surface area contributed by atoms with E-state index in [-0.39, 0.29) is 36.0 Å². The largest absolute Gasteiger partial charge is 0.355 e. The molecule has 0 spiro atoms. The highest BCUT2D eigenvalue weighted by Crippen LogP contribution is 2.31. The minimum atomic E-state index is -0.434.